The second-order valence-electron chi connectivity index (χ2n) is 6.85. The average Bonchev–Trinajstić information content (AvgIpc) is 2.68. The van der Waals surface area contributed by atoms with Crippen LogP contribution < -0.4 is 10.2 Å². The minimum Gasteiger partial charge on any atom is -0.357 e. The molecule has 0 aliphatic heterocycles. The highest BCUT2D eigenvalue weighted by molar-refractivity contribution is 5.93. The monoisotopic (exact) mass is 369 g/mol. The molecule has 6 nitrogen and oxygen atoms in total. The number of amides is 1. The SMILES string of the molecule is CCCN(CCC)c1cc(C(=O)NCCN(C)C)nc(-c2ccccc2)n1. The molecule has 0 unspecified atom stereocenters. The molecule has 0 atom stereocenters. The van der Waals surface area contributed by atoms with Crippen LogP contribution in [0.3, 0.4) is 0 Å². The van der Waals surface area contributed by atoms with E-state index < -0.39 is 0 Å². The number of carbonyl (C=O) groups excluding carboxylic acids is 1. The van der Waals surface area contributed by atoms with Crippen LogP contribution in [0.5, 0.6) is 0 Å². The summed E-state index contributed by atoms with van der Waals surface area (Å²) in [6.07, 6.45) is 2.05. The van der Waals surface area contributed by atoms with E-state index in [1.54, 1.807) is 0 Å². The van der Waals surface area contributed by atoms with Gasteiger partial charge in [0.25, 0.3) is 5.91 Å². The van der Waals surface area contributed by atoms with Crippen LogP contribution in [0.1, 0.15) is 37.2 Å². The Balaban J connectivity index is 2.36. The molecule has 1 heterocycles. The van der Waals surface area contributed by atoms with Crippen molar-refractivity contribution in [3.05, 3.63) is 42.1 Å². The number of aromatic nitrogens is 2. The molecular weight excluding hydrogens is 338 g/mol. The van der Waals surface area contributed by atoms with E-state index in [0.717, 1.165) is 43.9 Å². The molecule has 6 heteroatoms. The Morgan fingerprint density at radius 1 is 1.00 bits per heavy atom. The summed E-state index contributed by atoms with van der Waals surface area (Å²) in [5, 5.41) is 2.95. The van der Waals surface area contributed by atoms with Crippen molar-refractivity contribution >= 4 is 11.7 Å². The molecule has 1 aromatic heterocycles. The molecule has 0 saturated carbocycles. The van der Waals surface area contributed by atoms with E-state index in [9.17, 15) is 4.79 Å². The van der Waals surface area contributed by atoms with Gasteiger partial charge in [0.15, 0.2) is 5.82 Å². The van der Waals surface area contributed by atoms with Crippen LogP contribution in [0, 0.1) is 0 Å². The minimum atomic E-state index is -0.161. The van der Waals surface area contributed by atoms with Gasteiger partial charge >= 0.3 is 0 Å². The lowest BCUT2D eigenvalue weighted by Gasteiger charge is -2.23. The lowest BCUT2D eigenvalue weighted by atomic mass is 10.2. The van der Waals surface area contributed by atoms with Gasteiger partial charge in [-0.3, -0.25) is 4.79 Å². The smallest absolute Gasteiger partial charge is 0.270 e. The van der Waals surface area contributed by atoms with Gasteiger partial charge in [0, 0.05) is 37.8 Å². The predicted octanol–water partition coefficient (Wildman–Crippen LogP) is 3.06. The molecule has 2 aromatic rings. The fourth-order valence-corrected chi connectivity index (χ4v) is 2.79. The van der Waals surface area contributed by atoms with Gasteiger partial charge in [0.05, 0.1) is 0 Å². The normalized spacial score (nSPS) is 10.9. The lowest BCUT2D eigenvalue weighted by Crippen LogP contribution is -2.32. The molecular formula is C21H31N5O. The molecule has 0 aliphatic carbocycles. The highest BCUT2D eigenvalue weighted by Gasteiger charge is 2.16. The first-order valence-electron chi connectivity index (χ1n) is 9.67. The number of nitrogens with one attached hydrogen (secondary N) is 1. The van der Waals surface area contributed by atoms with E-state index >= 15 is 0 Å². The van der Waals surface area contributed by atoms with E-state index in [4.69, 9.17) is 4.98 Å². The summed E-state index contributed by atoms with van der Waals surface area (Å²) in [4.78, 5) is 26.2. The summed E-state index contributed by atoms with van der Waals surface area (Å²) >= 11 is 0. The summed E-state index contributed by atoms with van der Waals surface area (Å²) in [6, 6.07) is 11.6. The van der Waals surface area contributed by atoms with Crippen molar-refractivity contribution in [2.75, 3.05) is 45.2 Å². The predicted molar refractivity (Wildman–Crippen MR) is 111 cm³/mol. The Bertz CT molecular complexity index is 712. The fraction of sp³-hybridized carbons (Fsp3) is 0.476. The van der Waals surface area contributed by atoms with Crippen LogP contribution in [0.4, 0.5) is 5.82 Å². The van der Waals surface area contributed by atoms with Crippen LogP contribution >= 0.6 is 0 Å². The molecule has 0 saturated heterocycles. The zero-order valence-corrected chi connectivity index (χ0v) is 16.9. The molecule has 0 spiro atoms. The van der Waals surface area contributed by atoms with Gasteiger partial charge in [-0.25, -0.2) is 9.97 Å². The number of nitrogens with zero attached hydrogens (tertiary/aromatic N) is 4. The zero-order chi connectivity index (χ0) is 19.6. The van der Waals surface area contributed by atoms with Gasteiger partial charge in [0.2, 0.25) is 0 Å². The van der Waals surface area contributed by atoms with Crippen molar-refractivity contribution in [1.82, 2.24) is 20.2 Å². The number of likely N-dealkylation sites (N-methyl/N-ethyl adjacent to an activating group) is 1. The van der Waals surface area contributed by atoms with Gasteiger partial charge in [0.1, 0.15) is 11.5 Å². The minimum absolute atomic E-state index is 0.161. The maximum absolute atomic E-state index is 12.7. The van der Waals surface area contributed by atoms with Crippen molar-refractivity contribution in [2.45, 2.75) is 26.7 Å². The van der Waals surface area contributed by atoms with Crippen molar-refractivity contribution in [3.63, 3.8) is 0 Å². The third kappa shape index (κ3) is 6.32. The van der Waals surface area contributed by atoms with Crippen molar-refractivity contribution in [2.24, 2.45) is 0 Å². The van der Waals surface area contributed by atoms with Crippen molar-refractivity contribution in [1.29, 1.82) is 0 Å². The summed E-state index contributed by atoms with van der Waals surface area (Å²) in [5.74, 6) is 1.24. The molecule has 0 fully saturated rings. The third-order valence-corrected chi connectivity index (χ3v) is 4.13. The van der Waals surface area contributed by atoms with Gasteiger partial charge in [-0.05, 0) is 26.9 Å². The first-order valence-corrected chi connectivity index (χ1v) is 9.67. The fourth-order valence-electron chi connectivity index (χ4n) is 2.79. The number of anilines is 1. The second-order valence-corrected chi connectivity index (χ2v) is 6.85. The summed E-state index contributed by atoms with van der Waals surface area (Å²) in [5.41, 5.74) is 1.32. The van der Waals surface area contributed by atoms with Gasteiger partial charge in [-0.15, -0.1) is 0 Å². The molecule has 2 rings (SSSR count). The van der Waals surface area contributed by atoms with E-state index in [-0.39, 0.29) is 5.91 Å². The van der Waals surface area contributed by atoms with Crippen LogP contribution in [0.25, 0.3) is 11.4 Å². The van der Waals surface area contributed by atoms with Gasteiger partial charge in [-0.1, -0.05) is 44.2 Å². The van der Waals surface area contributed by atoms with Crippen LogP contribution in [-0.2, 0) is 0 Å². The number of benzene rings is 1. The molecule has 0 radical (unpaired) electrons. The summed E-state index contributed by atoms with van der Waals surface area (Å²) < 4.78 is 0. The molecule has 1 amide bonds. The van der Waals surface area contributed by atoms with Crippen LogP contribution in [0.15, 0.2) is 36.4 Å². The molecule has 146 valence electrons. The van der Waals surface area contributed by atoms with E-state index in [2.05, 4.69) is 29.0 Å². The Morgan fingerprint density at radius 3 is 2.26 bits per heavy atom. The van der Waals surface area contributed by atoms with Gasteiger partial charge < -0.3 is 15.1 Å². The first kappa shape index (κ1) is 20.8. The topological polar surface area (TPSA) is 61.4 Å². The number of rotatable bonds is 10. The molecule has 1 aromatic carbocycles. The van der Waals surface area contributed by atoms with E-state index in [0.29, 0.717) is 18.1 Å². The summed E-state index contributed by atoms with van der Waals surface area (Å²) in [6.45, 7) is 7.47. The molecule has 1 N–H and O–H groups in total. The quantitative estimate of drug-likeness (QED) is 0.697. The standard InChI is InChI=1S/C21H31N5O/c1-5-13-26(14-6-2)19-16-18(21(27)22-12-15-25(3)4)23-20(24-19)17-10-8-7-9-11-17/h7-11,16H,5-6,12-15H2,1-4H3,(H,22,27). The highest BCUT2D eigenvalue weighted by atomic mass is 16.1. The maximum atomic E-state index is 12.7. The Labute approximate surface area is 162 Å². The Morgan fingerprint density at radius 2 is 1.67 bits per heavy atom. The van der Waals surface area contributed by atoms with E-state index in [1.165, 1.54) is 0 Å². The number of hydrogen-bond acceptors (Lipinski definition) is 5. The van der Waals surface area contributed by atoms with Crippen molar-refractivity contribution in [3.8, 4) is 11.4 Å². The Hall–Kier alpha value is -2.47. The zero-order valence-electron chi connectivity index (χ0n) is 16.9. The average molecular weight is 370 g/mol. The first-order chi connectivity index (χ1) is 13.0. The van der Waals surface area contributed by atoms with Gasteiger partial charge in [-0.2, -0.15) is 0 Å². The Kier molecular flexibility index (Phi) is 8.20. The molecule has 27 heavy (non-hydrogen) atoms. The molecule has 0 bridgehead atoms. The van der Waals surface area contributed by atoms with Crippen molar-refractivity contribution < 1.29 is 4.79 Å². The number of carbonyl (C=O) groups is 1. The maximum Gasteiger partial charge on any atom is 0.270 e. The lowest BCUT2D eigenvalue weighted by molar-refractivity contribution is 0.0946. The third-order valence-electron chi connectivity index (χ3n) is 4.13. The van der Waals surface area contributed by atoms with Crippen LogP contribution in [0.2, 0.25) is 0 Å². The largest absolute Gasteiger partial charge is 0.357 e. The van der Waals surface area contributed by atoms with E-state index in [1.807, 2.05) is 55.4 Å². The summed E-state index contributed by atoms with van der Waals surface area (Å²) in [7, 11) is 3.96. The molecule has 0 aliphatic rings. The highest BCUT2D eigenvalue weighted by Crippen LogP contribution is 2.21. The second kappa shape index (κ2) is 10.6. The number of hydrogen-bond donors (Lipinski definition) is 1. The van der Waals surface area contributed by atoms with Crippen LogP contribution in [-0.4, -0.2) is 61.0 Å².